The summed E-state index contributed by atoms with van der Waals surface area (Å²) >= 11 is 1.39. The number of halogens is 4. The molecule has 3 aromatic rings. The Labute approximate surface area is 185 Å². The van der Waals surface area contributed by atoms with Crippen LogP contribution in [-0.4, -0.2) is 37.8 Å². The third-order valence-corrected chi connectivity index (χ3v) is 5.98. The number of nitrogens with zero attached hydrogens (tertiary/aromatic N) is 4. The van der Waals surface area contributed by atoms with Gasteiger partial charge in [0.2, 0.25) is 5.91 Å². The van der Waals surface area contributed by atoms with Gasteiger partial charge in [0.15, 0.2) is 0 Å². The van der Waals surface area contributed by atoms with E-state index in [0.717, 1.165) is 23.7 Å². The molecule has 1 fully saturated rings. The van der Waals surface area contributed by atoms with Gasteiger partial charge in [0.05, 0.1) is 17.9 Å². The predicted molar refractivity (Wildman–Crippen MR) is 109 cm³/mol. The molecule has 166 valence electrons. The van der Waals surface area contributed by atoms with Crippen molar-refractivity contribution in [2.24, 2.45) is 0 Å². The zero-order valence-corrected chi connectivity index (χ0v) is 17.3. The molecule has 1 aromatic carbocycles. The molecule has 1 saturated heterocycles. The largest absolute Gasteiger partial charge is 0.433 e. The second kappa shape index (κ2) is 9.21. The van der Waals surface area contributed by atoms with Crippen molar-refractivity contribution in [3.8, 4) is 11.3 Å². The molecule has 1 N–H and O–H groups in total. The van der Waals surface area contributed by atoms with Gasteiger partial charge in [0.25, 0.3) is 0 Å². The van der Waals surface area contributed by atoms with Crippen LogP contribution in [0.25, 0.3) is 11.3 Å². The molecule has 1 aliphatic heterocycles. The van der Waals surface area contributed by atoms with E-state index in [-0.39, 0.29) is 24.3 Å². The Bertz CT molecular complexity index is 1090. The van der Waals surface area contributed by atoms with Crippen LogP contribution in [0.3, 0.4) is 0 Å². The summed E-state index contributed by atoms with van der Waals surface area (Å²) in [7, 11) is 0. The van der Waals surface area contributed by atoms with Gasteiger partial charge in [0.1, 0.15) is 23.9 Å². The molecule has 6 nitrogen and oxygen atoms in total. The summed E-state index contributed by atoms with van der Waals surface area (Å²) in [5.41, 5.74) is 0.350. The second-order valence-corrected chi connectivity index (χ2v) is 8.16. The number of carbonyl (C=O) groups is 1. The van der Waals surface area contributed by atoms with Crippen LogP contribution in [0.1, 0.15) is 17.8 Å². The highest BCUT2D eigenvalue weighted by molar-refractivity contribution is 7.97. The lowest BCUT2D eigenvalue weighted by molar-refractivity contribution is -0.141. The number of rotatable bonds is 6. The number of hydrogen-bond donors (Lipinski definition) is 1. The van der Waals surface area contributed by atoms with Gasteiger partial charge in [-0.25, -0.2) is 18.7 Å². The number of aromatic nitrogens is 3. The van der Waals surface area contributed by atoms with Crippen molar-refractivity contribution >= 4 is 17.9 Å². The summed E-state index contributed by atoms with van der Waals surface area (Å²) in [6.07, 6.45) is -1.42. The van der Waals surface area contributed by atoms with Crippen LogP contribution >= 0.6 is 11.9 Å². The molecule has 3 heterocycles. The van der Waals surface area contributed by atoms with Crippen molar-refractivity contribution in [2.45, 2.75) is 30.1 Å². The standard InChI is InChI=1S/C21H17F4N5OS/c22-14-2-4-16(5-3-14)32-30-8-7-18(30)20(31)27-11-15-9-17(29-12-28-15)13-1-6-19(26-10-13)21(23,24)25/h1-6,9-10,12,18H,7-8,11H2,(H,27,31). The van der Waals surface area contributed by atoms with Gasteiger partial charge in [-0.3, -0.25) is 9.78 Å². The van der Waals surface area contributed by atoms with Crippen molar-refractivity contribution in [2.75, 3.05) is 6.54 Å². The van der Waals surface area contributed by atoms with Gasteiger partial charge >= 0.3 is 6.18 Å². The molecule has 1 atom stereocenters. The van der Waals surface area contributed by atoms with Gasteiger partial charge in [-0.1, -0.05) is 0 Å². The zero-order valence-electron chi connectivity index (χ0n) is 16.5. The number of alkyl halides is 3. The monoisotopic (exact) mass is 463 g/mol. The third kappa shape index (κ3) is 5.22. The van der Waals surface area contributed by atoms with Crippen molar-refractivity contribution in [1.29, 1.82) is 0 Å². The summed E-state index contributed by atoms with van der Waals surface area (Å²) in [4.78, 5) is 25.0. The minimum atomic E-state index is -4.51. The van der Waals surface area contributed by atoms with Crippen LogP contribution in [0, 0.1) is 5.82 Å². The van der Waals surface area contributed by atoms with Crippen molar-refractivity contribution in [3.63, 3.8) is 0 Å². The number of hydrogen-bond acceptors (Lipinski definition) is 6. The SMILES string of the molecule is O=C(NCc1cc(-c2ccc(C(F)(F)F)nc2)ncn1)C1CCN1Sc1ccc(F)cc1. The van der Waals surface area contributed by atoms with E-state index in [1.807, 2.05) is 4.31 Å². The van der Waals surface area contributed by atoms with E-state index < -0.39 is 11.9 Å². The lowest BCUT2D eigenvalue weighted by Crippen LogP contribution is -2.52. The summed E-state index contributed by atoms with van der Waals surface area (Å²) in [6, 6.07) is 9.52. The van der Waals surface area contributed by atoms with Crippen LogP contribution in [0.5, 0.6) is 0 Å². The minimum Gasteiger partial charge on any atom is -0.349 e. The van der Waals surface area contributed by atoms with Gasteiger partial charge in [0, 0.05) is 23.2 Å². The fraction of sp³-hybridized carbons (Fsp3) is 0.238. The van der Waals surface area contributed by atoms with Crippen LogP contribution < -0.4 is 5.32 Å². The normalized spacial score (nSPS) is 16.4. The van der Waals surface area contributed by atoms with Crippen molar-refractivity contribution in [1.82, 2.24) is 24.6 Å². The Morgan fingerprint density at radius 1 is 1.12 bits per heavy atom. The molecule has 0 saturated carbocycles. The Morgan fingerprint density at radius 2 is 1.91 bits per heavy atom. The van der Waals surface area contributed by atoms with Crippen LogP contribution in [-0.2, 0) is 17.5 Å². The highest BCUT2D eigenvalue weighted by Crippen LogP contribution is 2.32. The first-order valence-corrected chi connectivity index (χ1v) is 10.4. The molecule has 1 aliphatic rings. The molecular formula is C21H17F4N5OS. The first-order chi connectivity index (χ1) is 15.3. The molecule has 1 unspecified atom stereocenters. The second-order valence-electron chi connectivity index (χ2n) is 7.03. The Kier molecular flexibility index (Phi) is 6.38. The zero-order chi connectivity index (χ0) is 22.7. The molecule has 4 rings (SSSR count). The number of benzene rings is 1. The number of carbonyl (C=O) groups excluding carboxylic acids is 1. The third-order valence-electron chi connectivity index (χ3n) is 4.83. The smallest absolute Gasteiger partial charge is 0.349 e. The molecule has 2 aromatic heterocycles. The summed E-state index contributed by atoms with van der Waals surface area (Å²) in [6.45, 7) is 0.882. The van der Waals surface area contributed by atoms with E-state index in [9.17, 15) is 22.4 Å². The molecule has 1 amide bonds. The van der Waals surface area contributed by atoms with Crippen molar-refractivity contribution < 1.29 is 22.4 Å². The number of nitrogens with one attached hydrogen (secondary N) is 1. The molecule has 32 heavy (non-hydrogen) atoms. The fourth-order valence-corrected chi connectivity index (χ4v) is 4.08. The minimum absolute atomic E-state index is 0.147. The van der Waals surface area contributed by atoms with E-state index in [2.05, 4.69) is 20.3 Å². The maximum Gasteiger partial charge on any atom is 0.433 e. The highest BCUT2D eigenvalue weighted by Gasteiger charge is 2.35. The topological polar surface area (TPSA) is 71.0 Å². The van der Waals surface area contributed by atoms with E-state index >= 15 is 0 Å². The molecular weight excluding hydrogens is 446 g/mol. The molecule has 0 radical (unpaired) electrons. The number of pyridine rings is 1. The molecule has 0 aliphatic carbocycles. The van der Waals surface area contributed by atoms with Crippen molar-refractivity contribution in [3.05, 3.63) is 72.2 Å². The summed E-state index contributed by atoms with van der Waals surface area (Å²) < 4.78 is 53.0. The van der Waals surface area contributed by atoms with E-state index in [1.54, 1.807) is 18.2 Å². The van der Waals surface area contributed by atoms with E-state index in [1.165, 1.54) is 36.5 Å². The van der Waals surface area contributed by atoms with Gasteiger partial charge in [-0.05, 0) is 60.8 Å². The molecule has 0 spiro atoms. The fourth-order valence-electron chi connectivity index (χ4n) is 3.03. The van der Waals surface area contributed by atoms with Crippen LogP contribution in [0.15, 0.2) is 59.9 Å². The maximum absolute atomic E-state index is 13.0. The average molecular weight is 463 g/mol. The summed E-state index contributed by atoms with van der Waals surface area (Å²) in [5.74, 6) is -0.481. The highest BCUT2D eigenvalue weighted by atomic mass is 32.2. The Balaban J connectivity index is 1.35. The van der Waals surface area contributed by atoms with Gasteiger partial charge < -0.3 is 5.32 Å². The quantitative estimate of drug-likeness (QED) is 0.439. The molecule has 0 bridgehead atoms. The first kappa shape index (κ1) is 22.2. The van der Waals surface area contributed by atoms with Crippen LogP contribution in [0.4, 0.5) is 17.6 Å². The number of amides is 1. The van der Waals surface area contributed by atoms with Gasteiger partial charge in [-0.15, -0.1) is 0 Å². The lowest BCUT2D eigenvalue weighted by Gasteiger charge is -2.38. The van der Waals surface area contributed by atoms with E-state index in [4.69, 9.17) is 0 Å². The van der Waals surface area contributed by atoms with Gasteiger partial charge in [-0.2, -0.15) is 13.2 Å². The average Bonchev–Trinajstić information content (AvgIpc) is 2.76. The summed E-state index contributed by atoms with van der Waals surface area (Å²) in [5, 5.41) is 2.82. The van der Waals surface area contributed by atoms with Crippen LogP contribution in [0.2, 0.25) is 0 Å². The van der Waals surface area contributed by atoms with E-state index in [0.29, 0.717) is 23.4 Å². The predicted octanol–water partition coefficient (Wildman–Crippen LogP) is 4.09. The Morgan fingerprint density at radius 3 is 2.53 bits per heavy atom. The first-order valence-electron chi connectivity index (χ1n) is 9.62. The molecule has 11 heteroatoms. The lowest BCUT2D eigenvalue weighted by atomic mass is 10.1. The maximum atomic E-state index is 13.0. The Hall–Kier alpha value is -3.05.